The molecular weight excluding hydrogens is 602 g/mol. The lowest BCUT2D eigenvalue weighted by Crippen LogP contribution is -2.18. The minimum absolute atomic E-state index is 0.228. The quantitative estimate of drug-likeness (QED) is 0.174. The number of benzene rings is 6. The van der Waals surface area contributed by atoms with Gasteiger partial charge in [-0.25, -0.2) is 0 Å². The molecule has 0 spiro atoms. The van der Waals surface area contributed by atoms with E-state index in [0.29, 0.717) is 0 Å². The Balaban J connectivity index is 1.09. The Kier molecular flexibility index (Phi) is 6.51. The molecule has 3 atom stereocenters. The van der Waals surface area contributed by atoms with Crippen LogP contribution in [-0.4, -0.2) is 25.9 Å². The normalized spacial score (nSPS) is 18.7. The Morgan fingerprint density at radius 2 is 0.755 bits per heavy atom. The van der Waals surface area contributed by atoms with Crippen LogP contribution in [0.1, 0.15) is 51.7 Å². The van der Waals surface area contributed by atoms with Crippen molar-refractivity contribution in [2.75, 3.05) is 21.3 Å². The Hall–Kier alpha value is -5.00. The van der Waals surface area contributed by atoms with Crippen LogP contribution in [0.4, 0.5) is 0 Å². The standard InChI is InChI=1S/C45H37NO3/c1-47-43-23-32-18-27(6-13-36(32)43)26-4-11-35(12-5-26)46-41-16-9-30(28-7-14-37-33(19-28)24-44(37)48-2)21-39(41)40-22-31(10-17-42(40)46)29-8-15-38-34(20-29)25-45(38)49-3/h4-22,43-45H,23-25H2,1-3H3. The lowest BCUT2D eigenvalue weighted by molar-refractivity contribution is 0.0844. The van der Waals surface area contributed by atoms with Gasteiger partial charge in [0.25, 0.3) is 0 Å². The van der Waals surface area contributed by atoms with Crippen LogP contribution in [0.25, 0.3) is 60.9 Å². The summed E-state index contributed by atoms with van der Waals surface area (Å²) in [5.74, 6) is 0. The van der Waals surface area contributed by atoms with E-state index in [1.807, 2.05) is 0 Å². The van der Waals surface area contributed by atoms with Gasteiger partial charge in [-0.05, 0) is 103 Å². The van der Waals surface area contributed by atoms with Crippen molar-refractivity contribution in [1.82, 2.24) is 4.57 Å². The number of nitrogens with zero attached hydrogens (tertiary/aromatic N) is 1. The summed E-state index contributed by atoms with van der Waals surface area (Å²) in [7, 11) is 5.39. The van der Waals surface area contributed by atoms with Crippen LogP contribution in [0.15, 0.2) is 115 Å². The largest absolute Gasteiger partial charge is 0.376 e. The predicted molar refractivity (Wildman–Crippen MR) is 197 cm³/mol. The van der Waals surface area contributed by atoms with E-state index >= 15 is 0 Å². The molecule has 0 N–H and O–H groups in total. The molecular formula is C45H37NO3. The zero-order valence-electron chi connectivity index (χ0n) is 28.0. The van der Waals surface area contributed by atoms with E-state index in [1.54, 1.807) is 21.3 Å². The van der Waals surface area contributed by atoms with Gasteiger partial charge in [-0.15, -0.1) is 0 Å². The van der Waals surface area contributed by atoms with Crippen LogP contribution >= 0.6 is 0 Å². The van der Waals surface area contributed by atoms with Gasteiger partial charge in [0.1, 0.15) is 0 Å². The van der Waals surface area contributed by atoms with Crippen molar-refractivity contribution in [3.05, 3.63) is 149 Å². The van der Waals surface area contributed by atoms with Crippen molar-refractivity contribution in [1.29, 1.82) is 0 Å². The average Bonchev–Trinajstić information content (AvgIpc) is 3.43. The van der Waals surface area contributed by atoms with Gasteiger partial charge in [-0.1, -0.05) is 78.9 Å². The number of ether oxygens (including phenoxy) is 3. The molecule has 7 aromatic rings. The van der Waals surface area contributed by atoms with Gasteiger partial charge in [0.05, 0.1) is 29.3 Å². The molecule has 3 unspecified atom stereocenters. The second kappa shape index (κ2) is 11.0. The van der Waals surface area contributed by atoms with Crippen molar-refractivity contribution in [3.8, 4) is 39.1 Å². The number of methoxy groups -OCH3 is 3. The summed E-state index contributed by atoms with van der Waals surface area (Å²) in [5.41, 5.74) is 19.1. The highest BCUT2D eigenvalue weighted by Crippen LogP contribution is 2.43. The van der Waals surface area contributed by atoms with Crippen LogP contribution in [-0.2, 0) is 33.5 Å². The molecule has 49 heavy (non-hydrogen) atoms. The van der Waals surface area contributed by atoms with E-state index in [4.69, 9.17) is 14.2 Å². The second-order valence-electron chi connectivity index (χ2n) is 13.9. The Labute approximate surface area is 286 Å². The summed E-state index contributed by atoms with van der Waals surface area (Å²) in [6.07, 6.45) is 3.64. The number of rotatable bonds is 7. The highest BCUT2D eigenvalue weighted by atomic mass is 16.5. The summed E-state index contributed by atoms with van der Waals surface area (Å²) in [4.78, 5) is 0. The third kappa shape index (κ3) is 4.41. The van der Waals surface area contributed by atoms with E-state index in [0.717, 1.165) is 24.9 Å². The van der Waals surface area contributed by atoms with Crippen molar-refractivity contribution in [3.63, 3.8) is 0 Å². The SMILES string of the molecule is COC1Cc2cc(-c3ccc(-n4c5ccc(-c6ccc7c(c6)CC7OC)cc5c5cc(-c6ccc7c(c6)CC7OC)ccc54)cc3)ccc21. The predicted octanol–water partition coefficient (Wildman–Crippen LogP) is 10.5. The Morgan fingerprint density at radius 3 is 1.14 bits per heavy atom. The summed E-state index contributed by atoms with van der Waals surface area (Å²) in [5, 5.41) is 2.52. The average molecular weight is 640 g/mol. The maximum absolute atomic E-state index is 5.62. The smallest absolute Gasteiger partial charge is 0.0864 e. The molecule has 1 aromatic heterocycles. The molecule has 0 radical (unpaired) electrons. The first-order chi connectivity index (χ1) is 24.1. The Morgan fingerprint density at radius 1 is 0.408 bits per heavy atom. The van der Waals surface area contributed by atoms with Gasteiger partial charge in [-0.2, -0.15) is 0 Å². The minimum Gasteiger partial charge on any atom is -0.376 e. The van der Waals surface area contributed by atoms with Crippen molar-refractivity contribution in [2.45, 2.75) is 37.6 Å². The number of hydrogen-bond acceptors (Lipinski definition) is 3. The molecule has 3 aliphatic carbocycles. The van der Waals surface area contributed by atoms with Crippen molar-refractivity contribution >= 4 is 21.8 Å². The van der Waals surface area contributed by atoms with Crippen molar-refractivity contribution in [2.24, 2.45) is 0 Å². The maximum Gasteiger partial charge on any atom is 0.0864 e. The third-order valence-electron chi connectivity index (χ3n) is 11.4. The van der Waals surface area contributed by atoms with Crippen molar-refractivity contribution < 1.29 is 14.2 Å². The molecule has 0 saturated heterocycles. The van der Waals surface area contributed by atoms with Crippen LogP contribution in [0.5, 0.6) is 0 Å². The van der Waals surface area contributed by atoms with Gasteiger partial charge in [0, 0.05) is 57.1 Å². The number of hydrogen-bond donors (Lipinski definition) is 0. The highest BCUT2D eigenvalue weighted by molar-refractivity contribution is 6.11. The molecule has 0 amide bonds. The second-order valence-corrected chi connectivity index (χ2v) is 13.9. The molecule has 3 aliphatic rings. The lowest BCUT2D eigenvalue weighted by atomic mass is 9.83. The monoisotopic (exact) mass is 639 g/mol. The molecule has 240 valence electrons. The van der Waals surface area contributed by atoms with Crippen LogP contribution in [0.2, 0.25) is 0 Å². The van der Waals surface area contributed by atoms with Gasteiger partial charge in [0.15, 0.2) is 0 Å². The Bertz CT molecular complexity index is 2340. The summed E-state index contributed by atoms with van der Waals surface area (Å²) in [6.45, 7) is 0. The minimum atomic E-state index is 0.228. The molecule has 0 bridgehead atoms. The zero-order chi connectivity index (χ0) is 32.8. The molecule has 1 heterocycles. The fourth-order valence-electron chi connectivity index (χ4n) is 8.46. The highest BCUT2D eigenvalue weighted by Gasteiger charge is 2.28. The van der Waals surface area contributed by atoms with Crippen LogP contribution in [0.3, 0.4) is 0 Å². The molecule has 6 aromatic carbocycles. The first-order valence-corrected chi connectivity index (χ1v) is 17.3. The van der Waals surface area contributed by atoms with E-state index in [-0.39, 0.29) is 18.3 Å². The van der Waals surface area contributed by atoms with E-state index in [2.05, 4.69) is 120 Å². The van der Waals surface area contributed by atoms with Gasteiger partial charge < -0.3 is 18.8 Å². The first-order valence-electron chi connectivity index (χ1n) is 17.3. The van der Waals surface area contributed by atoms with E-state index < -0.39 is 0 Å². The first kappa shape index (κ1) is 29.0. The van der Waals surface area contributed by atoms with Crippen LogP contribution in [0, 0.1) is 0 Å². The summed E-state index contributed by atoms with van der Waals surface area (Å²) < 4.78 is 19.2. The topological polar surface area (TPSA) is 32.6 Å². The van der Waals surface area contributed by atoms with E-state index in [9.17, 15) is 0 Å². The third-order valence-corrected chi connectivity index (χ3v) is 11.4. The molecule has 0 aliphatic heterocycles. The summed E-state index contributed by atoms with van der Waals surface area (Å²) >= 11 is 0. The molecule has 4 nitrogen and oxygen atoms in total. The zero-order valence-corrected chi connectivity index (χ0v) is 28.0. The maximum atomic E-state index is 5.62. The van der Waals surface area contributed by atoms with Gasteiger partial charge in [-0.3, -0.25) is 0 Å². The van der Waals surface area contributed by atoms with E-state index in [1.165, 1.54) is 88.6 Å². The summed E-state index contributed by atoms with van der Waals surface area (Å²) in [6, 6.07) is 43.4. The lowest BCUT2D eigenvalue weighted by Gasteiger charge is -2.29. The van der Waals surface area contributed by atoms with Gasteiger partial charge in [0.2, 0.25) is 0 Å². The van der Waals surface area contributed by atoms with Crippen LogP contribution < -0.4 is 0 Å². The number of fused-ring (bicyclic) bond motifs is 6. The number of aromatic nitrogens is 1. The van der Waals surface area contributed by atoms with Gasteiger partial charge >= 0.3 is 0 Å². The fourth-order valence-corrected chi connectivity index (χ4v) is 8.46. The molecule has 0 fully saturated rings. The molecule has 4 heteroatoms. The molecule has 0 saturated carbocycles. The fraction of sp³-hybridized carbons (Fsp3) is 0.200. The molecule has 10 rings (SSSR count).